The second-order valence-electron chi connectivity index (χ2n) is 4.16. The van der Waals surface area contributed by atoms with Gasteiger partial charge in [-0.2, -0.15) is 0 Å². The highest BCUT2D eigenvalue weighted by Gasteiger charge is 2.17. The van der Waals surface area contributed by atoms with Gasteiger partial charge in [-0.3, -0.25) is 10.1 Å². The lowest BCUT2D eigenvalue weighted by Crippen LogP contribution is -1.99. The van der Waals surface area contributed by atoms with Crippen molar-refractivity contribution < 1.29 is 19.6 Å². The average Bonchev–Trinajstić information content (AvgIpc) is 2.79. The molecular weight excluding hydrogens is 318 g/mol. The van der Waals surface area contributed by atoms with Crippen molar-refractivity contribution in [3.63, 3.8) is 0 Å². The Hall–Kier alpha value is -2.12. The number of hydrogen-bond acceptors (Lipinski definition) is 5. The zero-order valence-electron chi connectivity index (χ0n) is 10.8. The lowest BCUT2D eigenvalue weighted by atomic mass is 10.2. The molecule has 1 N–H and O–H groups in total. The van der Waals surface area contributed by atoms with Crippen molar-refractivity contribution in [1.82, 2.24) is 0 Å². The zero-order valence-corrected chi connectivity index (χ0v) is 12.4. The first kappa shape index (κ1) is 15.3. The third-order valence-electron chi connectivity index (χ3n) is 2.73. The van der Waals surface area contributed by atoms with Crippen LogP contribution in [0.1, 0.15) is 20.1 Å². The van der Waals surface area contributed by atoms with E-state index in [0.717, 1.165) is 16.2 Å². The summed E-state index contributed by atoms with van der Waals surface area (Å²) in [5.41, 5.74) is 0.454. The number of ether oxygens (including phenoxy) is 1. The van der Waals surface area contributed by atoms with Crippen LogP contribution >= 0.6 is 22.9 Å². The Kier molecular flexibility index (Phi) is 4.44. The molecule has 21 heavy (non-hydrogen) atoms. The number of carboxylic acids is 1. The minimum atomic E-state index is -1.01. The Morgan fingerprint density at radius 2 is 2.19 bits per heavy atom. The van der Waals surface area contributed by atoms with Gasteiger partial charge in [0.05, 0.1) is 4.92 Å². The molecule has 0 atom stereocenters. The van der Waals surface area contributed by atoms with Gasteiger partial charge in [0, 0.05) is 21.5 Å². The third-order valence-corrected chi connectivity index (χ3v) is 4.05. The second kappa shape index (κ2) is 6.11. The van der Waals surface area contributed by atoms with E-state index in [0.29, 0.717) is 5.56 Å². The third kappa shape index (κ3) is 3.50. The first-order chi connectivity index (χ1) is 9.88. The van der Waals surface area contributed by atoms with Crippen LogP contribution in [0.15, 0.2) is 24.3 Å². The molecule has 0 amide bonds. The first-order valence-electron chi connectivity index (χ1n) is 5.78. The Balaban J connectivity index is 2.20. The fraction of sp³-hybridized carbons (Fsp3) is 0.154. The van der Waals surface area contributed by atoms with Crippen molar-refractivity contribution in [2.45, 2.75) is 13.5 Å². The van der Waals surface area contributed by atoms with Crippen molar-refractivity contribution in [3.8, 4) is 5.75 Å². The molecule has 1 aromatic heterocycles. The molecule has 0 saturated heterocycles. The maximum absolute atomic E-state index is 10.9. The summed E-state index contributed by atoms with van der Waals surface area (Å²) in [7, 11) is 0. The summed E-state index contributed by atoms with van der Waals surface area (Å²) in [6, 6.07) is 5.62. The summed E-state index contributed by atoms with van der Waals surface area (Å²) < 4.78 is 5.43. The number of benzene rings is 1. The minimum absolute atomic E-state index is 0.0537. The molecule has 0 unspecified atom stereocenters. The standard InChI is InChI=1S/C13H10ClNO5S/c1-7-8(4-12(21-7)13(16)17)6-20-11-3-2-9(14)5-10(11)15(18)19/h2-5H,6H2,1H3,(H,16,17). The highest BCUT2D eigenvalue weighted by Crippen LogP contribution is 2.31. The number of carbonyl (C=O) groups is 1. The maximum atomic E-state index is 10.9. The number of halogens is 1. The molecule has 0 bridgehead atoms. The lowest BCUT2D eigenvalue weighted by Gasteiger charge is -2.06. The number of aryl methyl sites for hydroxylation is 1. The fourth-order valence-electron chi connectivity index (χ4n) is 1.68. The molecule has 8 heteroatoms. The number of thiophene rings is 1. The Morgan fingerprint density at radius 3 is 2.76 bits per heavy atom. The maximum Gasteiger partial charge on any atom is 0.345 e. The van der Waals surface area contributed by atoms with Gasteiger partial charge >= 0.3 is 11.7 Å². The van der Waals surface area contributed by atoms with Crippen molar-refractivity contribution in [2.75, 3.05) is 0 Å². The van der Waals surface area contributed by atoms with E-state index in [1.807, 2.05) is 0 Å². The van der Waals surface area contributed by atoms with Gasteiger partial charge in [0.1, 0.15) is 11.5 Å². The van der Waals surface area contributed by atoms with E-state index < -0.39 is 10.9 Å². The topological polar surface area (TPSA) is 89.7 Å². The summed E-state index contributed by atoms with van der Waals surface area (Å²) in [6.45, 7) is 1.82. The first-order valence-corrected chi connectivity index (χ1v) is 6.97. The van der Waals surface area contributed by atoms with Gasteiger partial charge in [-0.05, 0) is 25.1 Å². The highest BCUT2D eigenvalue weighted by molar-refractivity contribution is 7.14. The number of rotatable bonds is 5. The molecule has 0 aliphatic rings. The van der Waals surface area contributed by atoms with Gasteiger partial charge in [0.25, 0.3) is 0 Å². The number of nitro groups is 1. The predicted octanol–water partition coefficient (Wildman–Crippen LogP) is 3.90. The van der Waals surface area contributed by atoms with Crippen LogP contribution in [0.25, 0.3) is 0 Å². The number of aromatic carboxylic acids is 1. The van der Waals surface area contributed by atoms with Crippen LogP contribution in [0.3, 0.4) is 0 Å². The van der Waals surface area contributed by atoms with E-state index in [1.54, 1.807) is 6.92 Å². The highest BCUT2D eigenvalue weighted by atomic mass is 35.5. The van der Waals surface area contributed by atoms with Crippen molar-refractivity contribution in [3.05, 3.63) is 54.7 Å². The molecule has 0 fully saturated rings. The Labute approximate surface area is 128 Å². The molecule has 6 nitrogen and oxygen atoms in total. The van der Waals surface area contributed by atoms with E-state index in [2.05, 4.69) is 0 Å². The second-order valence-corrected chi connectivity index (χ2v) is 5.85. The minimum Gasteiger partial charge on any atom is -0.482 e. The molecule has 0 saturated carbocycles. The van der Waals surface area contributed by atoms with Gasteiger partial charge in [0.2, 0.25) is 0 Å². The van der Waals surface area contributed by atoms with Gasteiger partial charge in [0.15, 0.2) is 5.75 Å². The largest absolute Gasteiger partial charge is 0.482 e. The normalized spacial score (nSPS) is 10.4. The van der Waals surface area contributed by atoms with Gasteiger partial charge in [-0.15, -0.1) is 11.3 Å². The molecule has 0 radical (unpaired) electrons. The van der Waals surface area contributed by atoms with Crippen LogP contribution < -0.4 is 4.74 Å². The quantitative estimate of drug-likeness (QED) is 0.664. The van der Waals surface area contributed by atoms with Crippen LogP contribution in [0.4, 0.5) is 5.69 Å². The summed E-state index contributed by atoms with van der Waals surface area (Å²) in [4.78, 5) is 22.2. The Bertz CT molecular complexity index is 713. The number of hydrogen-bond donors (Lipinski definition) is 1. The number of nitro benzene ring substituents is 1. The Morgan fingerprint density at radius 1 is 1.48 bits per heavy atom. The summed E-state index contributed by atoms with van der Waals surface area (Å²) >= 11 is 6.85. The molecule has 1 heterocycles. The lowest BCUT2D eigenvalue weighted by molar-refractivity contribution is -0.385. The molecule has 0 spiro atoms. The van der Waals surface area contributed by atoms with Crippen LogP contribution in [-0.4, -0.2) is 16.0 Å². The molecule has 1 aromatic carbocycles. The van der Waals surface area contributed by atoms with Crippen LogP contribution in [-0.2, 0) is 6.61 Å². The van der Waals surface area contributed by atoms with E-state index in [-0.39, 0.29) is 27.9 Å². The average molecular weight is 328 g/mol. The monoisotopic (exact) mass is 327 g/mol. The molecule has 2 aromatic rings. The molecule has 0 aliphatic carbocycles. The fourth-order valence-corrected chi connectivity index (χ4v) is 2.71. The zero-order chi connectivity index (χ0) is 15.6. The van der Waals surface area contributed by atoms with Crippen molar-refractivity contribution >= 4 is 34.6 Å². The smallest absolute Gasteiger partial charge is 0.345 e. The summed E-state index contributed by atoms with van der Waals surface area (Å²) in [5.74, 6) is -0.918. The number of nitrogens with zero attached hydrogens (tertiary/aromatic N) is 1. The van der Waals surface area contributed by atoms with E-state index >= 15 is 0 Å². The van der Waals surface area contributed by atoms with Crippen LogP contribution in [0.5, 0.6) is 5.75 Å². The van der Waals surface area contributed by atoms with E-state index in [1.165, 1.54) is 24.3 Å². The van der Waals surface area contributed by atoms with Crippen molar-refractivity contribution in [1.29, 1.82) is 0 Å². The van der Waals surface area contributed by atoms with Crippen molar-refractivity contribution in [2.24, 2.45) is 0 Å². The van der Waals surface area contributed by atoms with E-state index in [9.17, 15) is 14.9 Å². The predicted molar refractivity (Wildman–Crippen MR) is 78.5 cm³/mol. The SMILES string of the molecule is Cc1sc(C(=O)O)cc1COc1ccc(Cl)cc1[N+](=O)[O-]. The van der Waals surface area contributed by atoms with Crippen LogP contribution in [0, 0.1) is 17.0 Å². The summed E-state index contributed by atoms with van der Waals surface area (Å²) in [6.07, 6.45) is 0. The summed E-state index contributed by atoms with van der Waals surface area (Å²) in [5, 5.41) is 20.1. The molecule has 110 valence electrons. The molecule has 2 rings (SSSR count). The van der Waals surface area contributed by atoms with E-state index in [4.69, 9.17) is 21.4 Å². The van der Waals surface area contributed by atoms with Crippen LogP contribution in [0.2, 0.25) is 5.02 Å². The molecular formula is C13H10ClNO5S. The van der Waals surface area contributed by atoms with Gasteiger partial charge < -0.3 is 9.84 Å². The number of carboxylic acid groups (broad SMARTS) is 1. The molecule has 0 aliphatic heterocycles. The van der Waals surface area contributed by atoms with Gasteiger partial charge in [-0.1, -0.05) is 11.6 Å². The van der Waals surface area contributed by atoms with Gasteiger partial charge in [-0.25, -0.2) is 4.79 Å².